The third-order valence-electron chi connectivity index (χ3n) is 2.63. The fourth-order valence-electron chi connectivity index (χ4n) is 1.76. The molecule has 4 heteroatoms. The number of aryl methyl sites for hydroxylation is 1. The lowest BCUT2D eigenvalue weighted by Gasteiger charge is -2.06. The van der Waals surface area contributed by atoms with Crippen LogP contribution in [0.2, 0.25) is 0 Å². The van der Waals surface area contributed by atoms with Crippen molar-refractivity contribution in [1.82, 2.24) is 9.97 Å². The number of ketones is 1. The highest BCUT2D eigenvalue weighted by molar-refractivity contribution is 5.90. The van der Waals surface area contributed by atoms with Gasteiger partial charge in [-0.15, -0.1) is 0 Å². The predicted octanol–water partition coefficient (Wildman–Crippen LogP) is 3.05. The van der Waals surface area contributed by atoms with Crippen LogP contribution < -0.4 is 4.74 Å². The molecule has 2 rings (SSSR count). The third-order valence-corrected chi connectivity index (χ3v) is 2.63. The molecule has 0 fully saturated rings. The van der Waals surface area contributed by atoms with Crippen LogP contribution in [0.25, 0.3) is 11.3 Å². The molecule has 0 amide bonds. The van der Waals surface area contributed by atoms with E-state index in [-0.39, 0.29) is 11.6 Å². The Morgan fingerprint density at radius 3 is 2.47 bits per heavy atom. The molecule has 1 heterocycles. The van der Waals surface area contributed by atoms with E-state index < -0.39 is 0 Å². The smallest absolute Gasteiger partial charge is 0.196 e. The van der Waals surface area contributed by atoms with Gasteiger partial charge in [0.1, 0.15) is 5.75 Å². The molecule has 1 aromatic carbocycles. The molecule has 2 aromatic rings. The van der Waals surface area contributed by atoms with Crippen LogP contribution in [0, 0.1) is 6.92 Å². The maximum Gasteiger partial charge on any atom is 0.196 e. The molecule has 0 N–H and O–H groups in total. The van der Waals surface area contributed by atoms with Gasteiger partial charge in [0.25, 0.3) is 0 Å². The zero-order valence-corrected chi connectivity index (χ0v) is 11.3. The summed E-state index contributed by atoms with van der Waals surface area (Å²) in [5.74, 6) is 0.948. The van der Waals surface area contributed by atoms with Gasteiger partial charge in [-0.3, -0.25) is 4.79 Å². The number of Topliss-reactive ketones (excluding diaryl/α,β-unsaturated/α-hetero) is 1. The summed E-state index contributed by atoms with van der Waals surface area (Å²) in [6.45, 7) is 5.91. The van der Waals surface area contributed by atoms with Gasteiger partial charge in [0.15, 0.2) is 11.6 Å². The summed E-state index contributed by atoms with van der Waals surface area (Å²) >= 11 is 0. The second-order valence-electron chi connectivity index (χ2n) is 4.23. The number of hydrogen-bond acceptors (Lipinski definition) is 4. The molecule has 0 spiro atoms. The Morgan fingerprint density at radius 2 is 1.89 bits per heavy atom. The van der Waals surface area contributed by atoms with Gasteiger partial charge in [-0.05, 0) is 44.2 Å². The number of rotatable bonds is 4. The van der Waals surface area contributed by atoms with Crippen molar-refractivity contribution in [3.8, 4) is 17.0 Å². The van der Waals surface area contributed by atoms with Gasteiger partial charge < -0.3 is 4.74 Å². The molecular formula is C15H16N2O2. The lowest BCUT2D eigenvalue weighted by Crippen LogP contribution is -2.03. The molecule has 0 saturated heterocycles. The Morgan fingerprint density at radius 1 is 1.21 bits per heavy atom. The molecule has 19 heavy (non-hydrogen) atoms. The minimum atomic E-state index is -0.129. The monoisotopic (exact) mass is 256 g/mol. The molecule has 0 atom stereocenters. The van der Waals surface area contributed by atoms with Gasteiger partial charge in [-0.2, -0.15) is 0 Å². The van der Waals surface area contributed by atoms with E-state index in [0.717, 1.165) is 22.7 Å². The summed E-state index contributed by atoms with van der Waals surface area (Å²) < 4.78 is 5.40. The highest BCUT2D eigenvalue weighted by Gasteiger charge is 2.08. The number of benzene rings is 1. The lowest BCUT2D eigenvalue weighted by atomic mass is 10.1. The number of nitrogens with zero attached hydrogens (tertiary/aromatic N) is 2. The fraction of sp³-hybridized carbons (Fsp3) is 0.267. The zero-order chi connectivity index (χ0) is 13.8. The van der Waals surface area contributed by atoms with Crippen molar-refractivity contribution in [3.05, 3.63) is 41.9 Å². The molecule has 0 unspecified atom stereocenters. The number of aromatic nitrogens is 2. The summed E-state index contributed by atoms with van der Waals surface area (Å²) in [7, 11) is 0. The second-order valence-corrected chi connectivity index (χ2v) is 4.23. The molecule has 0 aliphatic rings. The highest BCUT2D eigenvalue weighted by Crippen LogP contribution is 2.21. The third kappa shape index (κ3) is 3.16. The number of carbonyl (C=O) groups is 1. The number of hydrogen-bond donors (Lipinski definition) is 0. The number of carbonyl (C=O) groups excluding carboxylic acids is 1. The van der Waals surface area contributed by atoms with E-state index in [1.807, 2.05) is 44.2 Å². The highest BCUT2D eigenvalue weighted by atomic mass is 16.5. The van der Waals surface area contributed by atoms with E-state index >= 15 is 0 Å². The Bertz CT molecular complexity index is 592. The molecule has 1 aromatic heterocycles. The van der Waals surface area contributed by atoms with Crippen LogP contribution in [-0.2, 0) is 0 Å². The van der Waals surface area contributed by atoms with Crippen molar-refractivity contribution in [3.63, 3.8) is 0 Å². The van der Waals surface area contributed by atoms with Crippen molar-refractivity contribution in [2.75, 3.05) is 6.61 Å². The standard InChI is InChI=1S/C15H16N2O2/c1-4-19-13-7-5-12(6-8-13)14-9-10(2)16-15(17-14)11(3)18/h5-9H,4H2,1-3H3. The number of ether oxygens (including phenoxy) is 1. The van der Waals surface area contributed by atoms with Crippen LogP contribution in [0.4, 0.5) is 0 Å². The van der Waals surface area contributed by atoms with Gasteiger partial charge in [-0.25, -0.2) is 9.97 Å². The van der Waals surface area contributed by atoms with Gasteiger partial charge in [0.05, 0.1) is 12.3 Å². The Labute approximate surface area is 112 Å². The van der Waals surface area contributed by atoms with E-state index in [1.165, 1.54) is 6.92 Å². The van der Waals surface area contributed by atoms with Crippen LogP contribution in [0.3, 0.4) is 0 Å². The molecule has 0 radical (unpaired) electrons. The van der Waals surface area contributed by atoms with Gasteiger partial charge in [0, 0.05) is 18.2 Å². The molecule has 0 bridgehead atoms. The lowest BCUT2D eigenvalue weighted by molar-refractivity contribution is 0.100. The molecule has 0 aliphatic heterocycles. The van der Waals surface area contributed by atoms with Crippen LogP contribution in [-0.4, -0.2) is 22.4 Å². The van der Waals surface area contributed by atoms with E-state index in [9.17, 15) is 4.79 Å². The van der Waals surface area contributed by atoms with E-state index in [1.54, 1.807) is 0 Å². The van der Waals surface area contributed by atoms with Crippen molar-refractivity contribution < 1.29 is 9.53 Å². The molecule has 4 nitrogen and oxygen atoms in total. The average molecular weight is 256 g/mol. The zero-order valence-electron chi connectivity index (χ0n) is 11.3. The van der Waals surface area contributed by atoms with Gasteiger partial charge in [0.2, 0.25) is 0 Å². The van der Waals surface area contributed by atoms with E-state index in [0.29, 0.717) is 6.61 Å². The van der Waals surface area contributed by atoms with Crippen LogP contribution >= 0.6 is 0 Å². The molecule has 0 aliphatic carbocycles. The topological polar surface area (TPSA) is 52.1 Å². The van der Waals surface area contributed by atoms with E-state index in [2.05, 4.69) is 9.97 Å². The van der Waals surface area contributed by atoms with Crippen molar-refractivity contribution >= 4 is 5.78 Å². The summed E-state index contributed by atoms with van der Waals surface area (Å²) in [6.07, 6.45) is 0. The maximum atomic E-state index is 11.4. The largest absolute Gasteiger partial charge is 0.494 e. The fourth-order valence-corrected chi connectivity index (χ4v) is 1.76. The summed E-state index contributed by atoms with van der Waals surface area (Å²) in [6, 6.07) is 9.50. The SMILES string of the molecule is CCOc1ccc(-c2cc(C)nc(C(C)=O)n2)cc1. The normalized spacial score (nSPS) is 10.3. The first kappa shape index (κ1) is 13.2. The average Bonchev–Trinajstić information content (AvgIpc) is 2.39. The minimum Gasteiger partial charge on any atom is -0.494 e. The van der Waals surface area contributed by atoms with Gasteiger partial charge in [-0.1, -0.05) is 0 Å². The maximum absolute atomic E-state index is 11.4. The van der Waals surface area contributed by atoms with Crippen molar-refractivity contribution in [2.45, 2.75) is 20.8 Å². The van der Waals surface area contributed by atoms with Crippen molar-refractivity contribution in [2.24, 2.45) is 0 Å². The van der Waals surface area contributed by atoms with Crippen LogP contribution in [0.15, 0.2) is 30.3 Å². The Kier molecular flexibility index (Phi) is 3.90. The minimum absolute atomic E-state index is 0.129. The second kappa shape index (κ2) is 5.61. The summed E-state index contributed by atoms with van der Waals surface area (Å²) in [4.78, 5) is 19.8. The first-order chi connectivity index (χ1) is 9.10. The van der Waals surface area contributed by atoms with Gasteiger partial charge >= 0.3 is 0 Å². The summed E-state index contributed by atoms with van der Waals surface area (Å²) in [5, 5.41) is 0. The van der Waals surface area contributed by atoms with Crippen LogP contribution in [0.5, 0.6) is 5.75 Å². The Balaban J connectivity index is 2.38. The summed E-state index contributed by atoms with van der Waals surface area (Å²) in [5.41, 5.74) is 2.47. The molecule has 0 saturated carbocycles. The first-order valence-corrected chi connectivity index (χ1v) is 6.20. The Hall–Kier alpha value is -2.23. The van der Waals surface area contributed by atoms with Crippen molar-refractivity contribution in [1.29, 1.82) is 0 Å². The first-order valence-electron chi connectivity index (χ1n) is 6.20. The van der Waals surface area contributed by atoms with E-state index in [4.69, 9.17) is 4.74 Å². The van der Waals surface area contributed by atoms with Crippen LogP contribution in [0.1, 0.15) is 30.2 Å². The predicted molar refractivity (Wildman–Crippen MR) is 73.4 cm³/mol. The quantitative estimate of drug-likeness (QED) is 0.789. The molecule has 98 valence electrons. The molecular weight excluding hydrogens is 240 g/mol.